The Hall–Kier alpha value is -3.58. The number of methoxy groups -OCH3 is 2. The van der Waals surface area contributed by atoms with E-state index in [1.54, 1.807) is 27.2 Å². The van der Waals surface area contributed by atoms with Crippen molar-refractivity contribution in [1.82, 2.24) is 0 Å². The van der Waals surface area contributed by atoms with Gasteiger partial charge in [-0.15, -0.1) is 11.3 Å². The highest BCUT2D eigenvalue weighted by atomic mass is 32.1. The molecule has 3 rings (SSSR count). The van der Waals surface area contributed by atoms with Crippen LogP contribution in [0.1, 0.15) is 22.8 Å². The summed E-state index contributed by atoms with van der Waals surface area (Å²) in [7, 11) is 3.19. The Morgan fingerprint density at radius 2 is 1.58 bits per heavy atom. The average molecular weight is 438 g/mol. The highest BCUT2D eigenvalue weighted by Crippen LogP contribution is 2.37. The predicted octanol–water partition coefficient (Wildman–Crippen LogP) is 5.26. The molecule has 7 heteroatoms. The van der Waals surface area contributed by atoms with Crippen LogP contribution in [0.5, 0.6) is 11.5 Å². The van der Waals surface area contributed by atoms with Crippen molar-refractivity contribution in [1.29, 1.82) is 0 Å². The van der Waals surface area contributed by atoms with Gasteiger partial charge in [0, 0.05) is 17.0 Å². The van der Waals surface area contributed by atoms with Crippen molar-refractivity contribution in [3.05, 3.63) is 71.1 Å². The number of anilines is 1. The third-order valence-corrected chi connectivity index (χ3v) is 5.35. The topological polar surface area (TPSA) is 73.9 Å². The zero-order chi connectivity index (χ0) is 22.2. The molecule has 0 bridgehead atoms. The van der Waals surface area contributed by atoms with Gasteiger partial charge in [-0.1, -0.05) is 24.3 Å². The summed E-state index contributed by atoms with van der Waals surface area (Å²) in [5, 5.41) is 5.07. The molecule has 0 saturated heterocycles. The van der Waals surface area contributed by atoms with Gasteiger partial charge in [0.05, 0.1) is 20.8 Å². The van der Waals surface area contributed by atoms with Crippen LogP contribution in [0.2, 0.25) is 0 Å². The molecule has 1 amide bonds. The fourth-order valence-corrected chi connectivity index (χ4v) is 3.84. The summed E-state index contributed by atoms with van der Waals surface area (Å²) >= 11 is 1.28. The van der Waals surface area contributed by atoms with Crippen molar-refractivity contribution in [2.75, 3.05) is 26.1 Å². The van der Waals surface area contributed by atoms with Crippen LogP contribution in [0.25, 0.3) is 17.2 Å². The molecular formula is C24H23NO5S. The Balaban J connectivity index is 1.83. The van der Waals surface area contributed by atoms with Gasteiger partial charge in [-0.25, -0.2) is 4.79 Å². The van der Waals surface area contributed by atoms with Crippen molar-refractivity contribution in [3.63, 3.8) is 0 Å². The number of hydrogen-bond acceptors (Lipinski definition) is 6. The van der Waals surface area contributed by atoms with Crippen molar-refractivity contribution in [2.45, 2.75) is 6.92 Å². The highest BCUT2D eigenvalue weighted by molar-refractivity contribution is 7.15. The second-order valence-corrected chi connectivity index (χ2v) is 7.28. The molecule has 1 heterocycles. The molecule has 3 aromatic rings. The van der Waals surface area contributed by atoms with Crippen LogP contribution in [0, 0.1) is 0 Å². The molecule has 160 valence electrons. The average Bonchev–Trinajstić information content (AvgIpc) is 3.21. The molecule has 0 aliphatic heterocycles. The van der Waals surface area contributed by atoms with Crippen LogP contribution in [0.3, 0.4) is 0 Å². The molecule has 0 atom stereocenters. The Morgan fingerprint density at radius 3 is 2.16 bits per heavy atom. The van der Waals surface area contributed by atoms with Gasteiger partial charge in [0.25, 0.3) is 0 Å². The van der Waals surface area contributed by atoms with Gasteiger partial charge in [-0.05, 0) is 48.4 Å². The molecule has 31 heavy (non-hydrogen) atoms. The summed E-state index contributed by atoms with van der Waals surface area (Å²) in [6.07, 6.45) is 3.11. The maximum absolute atomic E-state index is 12.6. The number of rotatable bonds is 8. The lowest BCUT2D eigenvalue weighted by Crippen LogP contribution is -2.12. The number of carbonyl (C=O) groups is 2. The fourth-order valence-electron chi connectivity index (χ4n) is 2.88. The Labute approximate surface area is 185 Å². The van der Waals surface area contributed by atoms with E-state index in [1.165, 1.54) is 17.4 Å². The normalized spacial score (nSPS) is 10.7. The predicted molar refractivity (Wildman–Crippen MR) is 123 cm³/mol. The van der Waals surface area contributed by atoms with Crippen LogP contribution in [0.15, 0.2) is 60.0 Å². The molecule has 0 aliphatic rings. The lowest BCUT2D eigenvalue weighted by Gasteiger charge is -2.08. The fraction of sp³-hybridized carbons (Fsp3) is 0.167. The minimum absolute atomic E-state index is 0.238. The maximum atomic E-state index is 12.6. The molecule has 0 radical (unpaired) electrons. The summed E-state index contributed by atoms with van der Waals surface area (Å²) in [5.74, 6) is 0.632. The van der Waals surface area contributed by atoms with E-state index < -0.39 is 5.97 Å². The van der Waals surface area contributed by atoms with Gasteiger partial charge >= 0.3 is 5.97 Å². The number of esters is 1. The number of carbonyl (C=O) groups excluding carboxylic acids is 2. The van der Waals surface area contributed by atoms with E-state index in [1.807, 2.05) is 53.9 Å². The molecule has 0 fully saturated rings. The third kappa shape index (κ3) is 5.52. The standard InChI is InChI=1S/C24H23NO5S/c1-4-30-24(27)22-20(17-8-12-19(29-3)13-9-17)15-31-23(22)25-21(26)14-7-16-5-10-18(28-2)11-6-16/h5-15H,4H2,1-3H3,(H,25,26)/b14-7+. The Morgan fingerprint density at radius 1 is 0.968 bits per heavy atom. The quantitative estimate of drug-likeness (QED) is 0.384. The van der Waals surface area contributed by atoms with Crippen LogP contribution in [0.4, 0.5) is 5.00 Å². The summed E-state index contributed by atoms with van der Waals surface area (Å²) in [6.45, 7) is 1.98. The second kappa shape index (κ2) is 10.4. The first-order chi connectivity index (χ1) is 15.0. The molecule has 6 nitrogen and oxygen atoms in total. The number of thiophene rings is 1. The zero-order valence-electron chi connectivity index (χ0n) is 17.5. The van der Waals surface area contributed by atoms with Crippen LogP contribution < -0.4 is 14.8 Å². The van der Waals surface area contributed by atoms with E-state index in [0.717, 1.165) is 16.9 Å². The molecular weight excluding hydrogens is 414 g/mol. The van der Waals surface area contributed by atoms with Gasteiger partial charge in [-0.3, -0.25) is 4.79 Å². The van der Waals surface area contributed by atoms with Gasteiger partial charge in [0.1, 0.15) is 22.1 Å². The summed E-state index contributed by atoms with van der Waals surface area (Å²) in [6, 6.07) is 14.7. The summed E-state index contributed by atoms with van der Waals surface area (Å²) < 4.78 is 15.6. The van der Waals surface area contributed by atoms with Crippen LogP contribution in [-0.2, 0) is 9.53 Å². The van der Waals surface area contributed by atoms with E-state index in [2.05, 4.69) is 5.32 Å². The number of benzene rings is 2. The van der Waals surface area contributed by atoms with Gasteiger partial charge in [0.2, 0.25) is 5.91 Å². The molecule has 0 aliphatic carbocycles. The van der Waals surface area contributed by atoms with Gasteiger partial charge in [-0.2, -0.15) is 0 Å². The largest absolute Gasteiger partial charge is 0.497 e. The van der Waals surface area contributed by atoms with Crippen LogP contribution in [-0.4, -0.2) is 32.7 Å². The van der Waals surface area contributed by atoms with Crippen molar-refractivity contribution in [2.24, 2.45) is 0 Å². The van der Waals surface area contributed by atoms with E-state index >= 15 is 0 Å². The molecule has 1 N–H and O–H groups in total. The lowest BCUT2D eigenvalue weighted by atomic mass is 10.0. The molecule has 0 unspecified atom stereocenters. The summed E-state index contributed by atoms with van der Waals surface area (Å²) in [5.41, 5.74) is 2.71. The first-order valence-corrected chi connectivity index (χ1v) is 10.5. The summed E-state index contributed by atoms with van der Waals surface area (Å²) in [4.78, 5) is 25.1. The Kier molecular flexibility index (Phi) is 7.45. The van der Waals surface area contributed by atoms with Gasteiger partial charge < -0.3 is 19.5 Å². The minimum Gasteiger partial charge on any atom is -0.497 e. The SMILES string of the molecule is CCOC(=O)c1c(-c2ccc(OC)cc2)csc1NC(=O)/C=C/c1ccc(OC)cc1. The number of hydrogen-bond donors (Lipinski definition) is 1. The first-order valence-electron chi connectivity index (χ1n) is 9.61. The van der Waals surface area contributed by atoms with Crippen molar-refractivity contribution >= 4 is 34.3 Å². The smallest absolute Gasteiger partial charge is 0.341 e. The zero-order valence-corrected chi connectivity index (χ0v) is 18.3. The maximum Gasteiger partial charge on any atom is 0.341 e. The third-order valence-electron chi connectivity index (χ3n) is 4.45. The molecule has 0 saturated carbocycles. The minimum atomic E-state index is -0.482. The Bertz CT molecular complexity index is 1070. The lowest BCUT2D eigenvalue weighted by molar-refractivity contribution is -0.111. The number of nitrogens with one attached hydrogen (secondary N) is 1. The number of ether oxygens (including phenoxy) is 3. The van der Waals surface area contributed by atoms with E-state index in [-0.39, 0.29) is 12.5 Å². The van der Waals surface area contributed by atoms with Crippen molar-refractivity contribution in [3.8, 4) is 22.6 Å². The number of amides is 1. The molecule has 1 aromatic heterocycles. The second-order valence-electron chi connectivity index (χ2n) is 6.40. The van der Waals surface area contributed by atoms with E-state index in [0.29, 0.717) is 21.9 Å². The van der Waals surface area contributed by atoms with Gasteiger partial charge in [0.15, 0.2) is 0 Å². The first kappa shape index (κ1) is 22.1. The van der Waals surface area contributed by atoms with Crippen molar-refractivity contribution < 1.29 is 23.8 Å². The molecule has 0 spiro atoms. The van der Waals surface area contributed by atoms with Crippen LogP contribution >= 0.6 is 11.3 Å². The van der Waals surface area contributed by atoms with E-state index in [4.69, 9.17) is 14.2 Å². The highest BCUT2D eigenvalue weighted by Gasteiger charge is 2.22. The monoisotopic (exact) mass is 437 g/mol. The van der Waals surface area contributed by atoms with E-state index in [9.17, 15) is 9.59 Å². The molecule has 2 aromatic carbocycles.